The molecule has 0 saturated heterocycles. The van der Waals surface area contributed by atoms with Crippen LogP contribution in [0.15, 0.2) is 0 Å². The smallest absolute Gasteiger partial charge is 0.239 e. The van der Waals surface area contributed by atoms with Crippen LogP contribution in [-0.2, 0) is 9.59 Å². The average molecular weight is 240 g/mol. The molecule has 2 amide bonds. The molecule has 1 aliphatic rings. The van der Waals surface area contributed by atoms with Crippen LogP contribution in [-0.4, -0.2) is 24.4 Å². The van der Waals surface area contributed by atoms with Crippen LogP contribution < -0.4 is 10.6 Å². The third-order valence-electron chi connectivity index (χ3n) is 3.12. The quantitative estimate of drug-likeness (QED) is 0.741. The van der Waals surface area contributed by atoms with Crippen LogP contribution in [0.25, 0.3) is 0 Å². The fourth-order valence-electron chi connectivity index (χ4n) is 2.04. The van der Waals surface area contributed by atoms with E-state index in [4.69, 9.17) is 0 Å². The molecule has 1 saturated carbocycles. The molecular weight excluding hydrogens is 216 g/mol. The molecule has 0 bridgehead atoms. The van der Waals surface area contributed by atoms with E-state index < -0.39 is 0 Å². The van der Waals surface area contributed by atoms with Gasteiger partial charge in [0.15, 0.2) is 0 Å². The maximum absolute atomic E-state index is 11.5. The summed E-state index contributed by atoms with van der Waals surface area (Å²) in [7, 11) is 0. The van der Waals surface area contributed by atoms with Gasteiger partial charge in [0.2, 0.25) is 11.8 Å². The molecule has 0 unspecified atom stereocenters. The van der Waals surface area contributed by atoms with Gasteiger partial charge < -0.3 is 10.6 Å². The number of amides is 2. The first kappa shape index (κ1) is 14.0. The van der Waals surface area contributed by atoms with Crippen LogP contribution >= 0.6 is 0 Å². The van der Waals surface area contributed by atoms with E-state index in [1.54, 1.807) is 0 Å². The molecule has 1 fully saturated rings. The van der Waals surface area contributed by atoms with Gasteiger partial charge in [0.1, 0.15) is 0 Å². The van der Waals surface area contributed by atoms with Crippen molar-refractivity contribution in [1.29, 1.82) is 0 Å². The van der Waals surface area contributed by atoms with Crippen molar-refractivity contribution < 1.29 is 9.59 Å². The third kappa shape index (κ3) is 6.29. The Morgan fingerprint density at radius 3 is 2.41 bits per heavy atom. The van der Waals surface area contributed by atoms with E-state index in [9.17, 15) is 9.59 Å². The van der Waals surface area contributed by atoms with Gasteiger partial charge in [-0.2, -0.15) is 0 Å². The molecular formula is C13H24N2O2. The molecule has 0 radical (unpaired) electrons. The highest BCUT2D eigenvalue weighted by atomic mass is 16.2. The molecule has 1 aliphatic carbocycles. The fourth-order valence-corrected chi connectivity index (χ4v) is 2.04. The third-order valence-corrected chi connectivity index (χ3v) is 3.12. The van der Waals surface area contributed by atoms with E-state index in [0.29, 0.717) is 18.4 Å². The lowest BCUT2D eigenvalue weighted by Gasteiger charge is -2.12. The van der Waals surface area contributed by atoms with Crippen LogP contribution in [0.5, 0.6) is 0 Å². The van der Waals surface area contributed by atoms with Crippen molar-refractivity contribution in [3.05, 3.63) is 0 Å². The molecule has 0 spiro atoms. The Labute approximate surface area is 104 Å². The van der Waals surface area contributed by atoms with Crippen LogP contribution in [0.4, 0.5) is 0 Å². The zero-order chi connectivity index (χ0) is 12.7. The van der Waals surface area contributed by atoms with E-state index in [2.05, 4.69) is 24.5 Å². The average Bonchev–Trinajstić information content (AvgIpc) is 2.76. The van der Waals surface area contributed by atoms with E-state index in [1.807, 2.05) is 0 Å². The Balaban J connectivity index is 2.08. The van der Waals surface area contributed by atoms with Crippen molar-refractivity contribution >= 4 is 11.8 Å². The number of carbonyl (C=O) groups is 2. The van der Waals surface area contributed by atoms with Gasteiger partial charge in [0, 0.05) is 12.5 Å². The first-order chi connectivity index (χ1) is 8.08. The van der Waals surface area contributed by atoms with Crippen molar-refractivity contribution in [2.45, 2.75) is 58.4 Å². The maximum atomic E-state index is 11.5. The summed E-state index contributed by atoms with van der Waals surface area (Å²) in [6, 6.07) is 0.329. The van der Waals surface area contributed by atoms with Gasteiger partial charge in [0.25, 0.3) is 0 Å². The minimum Gasteiger partial charge on any atom is -0.352 e. The Bertz CT molecular complexity index is 258. The Kier molecular flexibility index (Phi) is 6.01. The largest absolute Gasteiger partial charge is 0.352 e. The van der Waals surface area contributed by atoms with Gasteiger partial charge >= 0.3 is 0 Å². The van der Waals surface area contributed by atoms with Gasteiger partial charge in [-0.25, -0.2) is 0 Å². The molecule has 4 nitrogen and oxygen atoms in total. The van der Waals surface area contributed by atoms with Gasteiger partial charge in [0.05, 0.1) is 6.54 Å². The van der Waals surface area contributed by atoms with E-state index in [1.165, 1.54) is 12.8 Å². The molecule has 0 aromatic rings. The first-order valence-electron chi connectivity index (χ1n) is 6.64. The van der Waals surface area contributed by atoms with Crippen molar-refractivity contribution in [3.63, 3.8) is 0 Å². The van der Waals surface area contributed by atoms with Crippen molar-refractivity contribution in [1.82, 2.24) is 10.6 Å². The summed E-state index contributed by atoms with van der Waals surface area (Å²) >= 11 is 0. The lowest BCUT2D eigenvalue weighted by Crippen LogP contribution is -2.40. The van der Waals surface area contributed by atoms with E-state index in [-0.39, 0.29) is 18.4 Å². The number of rotatable bonds is 6. The molecule has 98 valence electrons. The van der Waals surface area contributed by atoms with E-state index >= 15 is 0 Å². The maximum Gasteiger partial charge on any atom is 0.239 e. The molecule has 4 heteroatoms. The predicted molar refractivity (Wildman–Crippen MR) is 67.5 cm³/mol. The van der Waals surface area contributed by atoms with Crippen LogP contribution in [0.2, 0.25) is 0 Å². The summed E-state index contributed by atoms with van der Waals surface area (Å²) in [4.78, 5) is 22.9. The topological polar surface area (TPSA) is 58.2 Å². The summed E-state index contributed by atoms with van der Waals surface area (Å²) in [5, 5.41) is 5.61. The minimum absolute atomic E-state index is 0.0275. The summed E-state index contributed by atoms with van der Waals surface area (Å²) in [6.07, 6.45) is 5.93. The molecule has 2 N–H and O–H groups in total. The summed E-state index contributed by atoms with van der Waals surface area (Å²) in [5.41, 5.74) is 0. The highest BCUT2D eigenvalue weighted by Crippen LogP contribution is 2.17. The lowest BCUT2D eigenvalue weighted by molar-refractivity contribution is -0.126. The van der Waals surface area contributed by atoms with Crippen molar-refractivity contribution in [3.8, 4) is 0 Å². The van der Waals surface area contributed by atoms with Crippen molar-refractivity contribution in [2.24, 2.45) is 5.92 Å². The van der Waals surface area contributed by atoms with Gasteiger partial charge in [-0.05, 0) is 25.2 Å². The molecule has 0 heterocycles. The Morgan fingerprint density at radius 1 is 1.18 bits per heavy atom. The second kappa shape index (κ2) is 7.30. The standard InChI is InChI=1S/C13H24N2O2/c1-10(2)7-8-12(16)14-9-13(17)15-11-5-3-4-6-11/h10-11H,3-9H2,1-2H3,(H,14,16)(H,15,17). The number of hydrogen-bond acceptors (Lipinski definition) is 2. The molecule has 1 rings (SSSR count). The Morgan fingerprint density at radius 2 is 1.82 bits per heavy atom. The molecule has 0 aromatic heterocycles. The number of hydrogen-bond donors (Lipinski definition) is 2. The van der Waals surface area contributed by atoms with Crippen molar-refractivity contribution in [2.75, 3.05) is 6.54 Å². The van der Waals surface area contributed by atoms with Gasteiger partial charge in [-0.3, -0.25) is 9.59 Å². The van der Waals surface area contributed by atoms with Crippen LogP contribution in [0.3, 0.4) is 0 Å². The number of carbonyl (C=O) groups excluding carboxylic acids is 2. The first-order valence-corrected chi connectivity index (χ1v) is 6.64. The lowest BCUT2D eigenvalue weighted by atomic mass is 10.1. The molecule has 17 heavy (non-hydrogen) atoms. The van der Waals surface area contributed by atoms with Gasteiger partial charge in [-0.15, -0.1) is 0 Å². The zero-order valence-electron chi connectivity index (χ0n) is 10.9. The monoisotopic (exact) mass is 240 g/mol. The molecule has 0 aliphatic heterocycles. The SMILES string of the molecule is CC(C)CCC(=O)NCC(=O)NC1CCCC1. The van der Waals surface area contributed by atoms with Crippen LogP contribution in [0, 0.1) is 5.92 Å². The molecule has 0 aromatic carbocycles. The van der Waals surface area contributed by atoms with Gasteiger partial charge in [-0.1, -0.05) is 26.7 Å². The normalized spacial score (nSPS) is 16.2. The summed E-state index contributed by atoms with van der Waals surface area (Å²) < 4.78 is 0. The highest BCUT2D eigenvalue weighted by Gasteiger charge is 2.17. The minimum atomic E-state index is -0.0604. The summed E-state index contributed by atoms with van der Waals surface area (Å²) in [6.45, 7) is 4.29. The van der Waals surface area contributed by atoms with Crippen LogP contribution in [0.1, 0.15) is 52.4 Å². The highest BCUT2D eigenvalue weighted by molar-refractivity contribution is 5.84. The molecule has 0 atom stereocenters. The second-order valence-corrected chi connectivity index (χ2v) is 5.26. The fraction of sp³-hybridized carbons (Fsp3) is 0.846. The number of nitrogens with one attached hydrogen (secondary N) is 2. The van der Waals surface area contributed by atoms with E-state index in [0.717, 1.165) is 19.3 Å². The zero-order valence-corrected chi connectivity index (χ0v) is 10.9. The Hall–Kier alpha value is -1.06. The predicted octanol–water partition coefficient (Wildman–Crippen LogP) is 1.60. The summed E-state index contributed by atoms with van der Waals surface area (Å²) in [5.74, 6) is 0.433. The second-order valence-electron chi connectivity index (χ2n) is 5.26.